The average Bonchev–Trinajstić information content (AvgIpc) is 2.72. The van der Waals surface area contributed by atoms with Crippen molar-refractivity contribution in [1.82, 2.24) is 5.32 Å². The second-order valence-corrected chi connectivity index (χ2v) is 6.88. The summed E-state index contributed by atoms with van der Waals surface area (Å²) >= 11 is 0. The summed E-state index contributed by atoms with van der Waals surface area (Å²) in [5.74, 6) is -0.203. The zero-order chi connectivity index (χ0) is 19.1. The highest BCUT2D eigenvalue weighted by atomic mass is 16.6. The standard InChI is InChI=1S/C21H25N3O3/c25-21(18-8-12-20(13-9-18)24(26)27)22-14-4-5-17-6-10-19(11-7-17)23-15-2-1-3-16-23/h6-13H,1-5,14-16H2,(H,22,25). The van der Waals surface area contributed by atoms with Crippen LogP contribution in [-0.4, -0.2) is 30.5 Å². The Morgan fingerprint density at radius 1 is 1.00 bits per heavy atom. The lowest BCUT2D eigenvalue weighted by Gasteiger charge is -2.28. The summed E-state index contributed by atoms with van der Waals surface area (Å²) in [6.07, 6.45) is 5.63. The minimum atomic E-state index is -0.474. The topological polar surface area (TPSA) is 75.5 Å². The Kier molecular flexibility index (Phi) is 6.41. The molecule has 0 atom stereocenters. The molecule has 3 rings (SSSR count). The lowest BCUT2D eigenvalue weighted by molar-refractivity contribution is -0.384. The predicted octanol–water partition coefficient (Wildman–Crippen LogP) is 3.95. The van der Waals surface area contributed by atoms with E-state index in [1.54, 1.807) is 0 Å². The van der Waals surface area contributed by atoms with Crippen molar-refractivity contribution < 1.29 is 9.72 Å². The Labute approximate surface area is 159 Å². The fourth-order valence-corrected chi connectivity index (χ4v) is 3.36. The number of non-ortho nitro benzene ring substituents is 1. The molecule has 1 N–H and O–H groups in total. The smallest absolute Gasteiger partial charge is 0.269 e. The Morgan fingerprint density at radius 3 is 2.30 bits per heavy atom. The van der Waals surface area contributed by atoms with E-state index in [1.165, 1.54) is 54.8 Å². The second-order valence-electron chi connectivity index (χ2n) is 6.88. The van der Waals surface area contributed by atoms with E-state index in [9.17, 15) is 14.9 Å². The number of amides is 1. The van der Waals surface area contributed by atoms with E-state index in [0.29, 0.717) is 12.1 Å². The van der Waals surface area contributed by atoms with Crippen molar-refractivity contribution in [2.75, 3.05) is 24.5 Å². The van der Waals surface area contributed by atoms with E-state index >= 15 is 0 Å². The first kappa shape index (κ1) is 18.9. The summed E-state index contributed by atoms with van der Waals surface area (Å²) < 4.78 is 0. The maximum atomic E-state index is 12.1. The van der Waals surface area contributed by atoms with Crippen molar-refractivity contribution in [2.45, 2.75) is 32.1 Å². The molecule has 2 aromatic carbocycles. The van der Waals surface area contributed by atoms with Crippen molar-refractivity contribution in [2.24, 2.45) is 0 Å². The van der Waals surface area contributed by atoms with E-state index < -0.39 is 4.92 Å². The molecule has 0 unspecified atom stereocenters. The van der Waals surface area contributed by atoms with Crippen LogP contribution in [0.3, 0.4) is 0 Å². The normalized spacial score (nSPS) is 14.0. The molecule has 1 saturated heterocycles. The number of rotatable bonds is 7. The van der Waals surface area contributed by atoms with Crippen LogP contribution in [-0.2, 0) is 6.42 Å². The molecule has 2 aromatic rings. The van der Waals surface area contributed by atoms with E-state index in [2.05, 4.69) is 34.5 Å². The van der Waals surface area contributed by atoms with Gasteiger partial charge in [0.05, 0.1) is 4.92 Å². The third-order valence-electron chi connectivity index (χ3n) is 4.93. The molecule has 1 aliphatic heterocycles. The summed E-state index contributed by atoms with van der Waals surface area (Å²) in [4.78, 5) is 24.7. The summed E-state index contributed by atoms with van der Waals surface area (Å²) in [6.45, 7) is 2.87. The van der Waals surface area contributed by atoms with Gasteiger partial charge in [-0.3, -0.25) is 14.9 Å². The predicted molar refractivity (Wildman–Crippen MR) is 106 cm³/mol. The Balaban J connectivity index is 1.41. The van der Waals surface area contributed by atoms with Crippen LogP contribution in [0.4, 0.5) is 11.4 Å². The van der Waals surface area contributed by atoms with Gasteiger partial charge in [0.2, 0.25) is 0 Å². The molecule has 0 radical (unpaired) electrons. The van der Waals surface area contributed by atoms with Gasteiger partial charge >= 0.3 is 0 Å². The number of nitrogens with zero attached hydrogens (tertiary/aromatic N) is 2. The van der Waals surface area contributed by atoms with Crippen LogP contribution < -0.4 is 10.2 Å². The van der Waals surface area contributed by atoms with E-state index in [-0.39, 0.29) is 11.6 Å². The molecule has 6 heteroatoms. The number of nitro groups is 1. The summed E-state index contributed by atoms with van der Waals surface area (Å²) in [7, 11) is 0. The molecule has 1 amide bonds. The zero-order valence-corrected chi connectivity index (χ0v) is 15.4. The van der Waals surface area contributed by atoms with Gasteiger partial charge < -0.3 is 10.2 Å². The Bertz CT molecular complexity index is 766. The first-order chi connectivity index (χ1) is 13.1. The minimum absolute atomic E-state index is 0.0143. The van der Waals surface area contributed by atoms with Crippen LogP contribution in [0.15, 0.2) is 48.5 Å². The van der Waals surface area contributed by atoms with Crippen LogP contribution in [0.25, 0.3) is 0 Å². The van der Waals surface area contributed by atoms with Gasteiger partial charge in [0.25, 0.3) is 11.6 Å². The maximum absolute atomic E-state index is 12.1. The molecule has 1 fully saturated rings. The van der Waals surface area contributed by atoms with Gasteiger partial charge in [0.1, 0.15) is 0 Å². The van der Waals surface area contributed by atoms with Crippen molar-refractivity contribution in [3.05, 3.63) is 69.8 Å². The number of aryl methyl sites for hydroxylation is 1. The first-order valence-electron chi connectivity index (χ1n) is 9.50. The third kappa shape index (κ3) is 5.29. The Hall–Kier alpha value is -2.89. The number of carbonyl (C=O) groups is 1. The van der Waals surface area contributed by atoms with Crippen LogP contribution in [0, 0.1) is 10.1 Å². The Morgan fingerprint density at radius 2 is 1.67 bits per heavy atom. The first-order valence-corrected chi connectivity index (χ1v) is 9.50. The molecular formula is C21H25N3O3. The summed E-state index contributed by atoms with van der Waals surface area (Å²) in [6, 6.07) is 14.4. The molecule has 27 heavy (non-hydrogen) atoms. The number of carbonyl (C=O) groups excluding carboxylic acids is 1. The largest absolute Gasteiger partial charge is 0.372 e. The van der Waals surface area contributed by atoms with Crippen molar-refractivity contribution in [1.29, 1.82) is 0 Å². The van der Waals surface area contributed by atoms with Gasteiger partial charge in [-0.25, -0.2) is 0 Å². The average molecular weight is 367 g/mol. The van der Waals surface area contributed by atoms with E-state index in [1.807, 2.05) is 0 Å². The highest BCUT2D eigenvalue weighted by Gasteiger charge is 2.11. The fourth-order valence-electron chi connectivity index (χ4n) is 3.36. The molecule has 0 saturated carbocycles. The van der Waals surface area contributed by atoms with Crippen molar-refractivity contribution in [3.63, 3.8) is 0 Å². The van der Waals surface area contributed by atoms with Gasteiger partial charge in [-0.2, -0.15) is 0 Å². The number of anilines is 1. The molecule has 0 aromatic heterocycles. The molecule has 0 aliphatic carbocycles. The van der Waals surface area contributed by atoms with E-state index in [4.69, 9.17) is 0 Å². The number of benzene rings is 2. The van der Waals surface area contributed by atoms with Gasteiger partial charge in [0.15, 0.2) is 0 Å². The highest BCUT2D eigenvalue weighted by molar-refractivity contribution is 5.94. The zero-order valence-electron chi connectivity index (χ0n) is 15.4. The van der Waals surface area contributed by atoms with Gasteiger partial charge in [-0.05, 0) is 61.9 Å². The van der Waals surface area contributed by atoms with Crippen molar-refractivity contribution >= 4 is 17.3 Å². The van der Waals surface area contributed by atoms with Crippen LogP contribution in [0.1, 0.15) is 41.6 Å². The van der Waals surface area contributed by atoms with Gasteiger partial charge in [0, 0.05) is 43.0 Å². The third-order valence-corrected chi connectivity index (χ3v) is 4.93. The van der Waals surface area contributed by atoms with E-state index in [0.717, 1.165) is 25.9 Å². The molecule has 1 heterocycles. The summed E-state index contributed by atoms with van der Waals surface area (Å²) in [5.41, 5.74) is 2.98. The molecule has 0 spiro atoms. The SMILES string of the molecule is O=C(NCCCc1ccc(N2CCCCC2)cc1)c1ccc([N+](=O)[O-])cc1. The fraction of sp³-hybridized carbons (Fsp3) is 0.381. The lowest BCUT2D eigenvalue weighted by atomic mass is 10.1. The minimum Gasteiger partial charge on any atom is -0.372 e. The molecule has 142 valence electrons. The number of piperidine rings is 1. The second kappa shape index (κ2) is 9.16. The van der Waals surface area contributed by atoms with Gasteiger partial charge in [-0.1, -0.05) is 12.1 Å². The van der Waals surface area contributed by atoms with Crippen LogP contribution in [0.5, 0.6) is 0 Å². The van der Waals surface area contributed by atoms with Gasteiger partial charge in [-0.15, -0.1) is 0 Å². The number of hydrogen-bond donors (Lipinski definition) is 1. The lowest BCUT2D eigenvalue weighted by Crippen LogP contribution is -2.29. The quantitative estimate of drug-likeness (QED) is 0.457. The molecular weight excluding hydrogens is 342 g/mol. The number of hydrogen-bond acceptors (Lipinski definition) is 4. The monoisotopic (exact) mass is 367 g/mol. The van der Waals surface area contributed by atoms with Crippen molar-refractivity contribution in [3.8, 4) is 0 Å². The number of nitrogens with one attached hydrogen (secondary N) is 1. The van der Waals surface area contributed by atoms with Crippen LogP contribution in [0.2, 0.25) is 0 Å². The summed E-state index contributed by atoms with van der Waals surface area (Å²) in [5, 5.41) is 13.5. The molecule has 0 bridgehead atoms. The van der Waals surface area contributed by atoms with Crippen LogP contribution >= 0.6 is 0 Å². The maximum Gasteiger partial charge on any atom is 0.269 e. The highest BCUT2D eigenvalue weighted by Crippen LogP contribution is 2.20. The molecule has 1 aliphatic rings. The number of nitro benzene ring substituents is 1. The molecule has 6 nitrogen and oxygen atoms in total.